The van der Waals surface area contributed by atoms with Crippen LogP contribution in [0, 0.1) is 16.7 Å². The van der Waals surface area contributed by atoms with Gasteiger partial charge in [-0.3, -0.25) is 14.4 Å². The maximum Gasteiger partial charge on any atom is 0.149 e. The Morgan fingerprint density at radius 3 is 1.50 bits per heavy atom. The molecule has 260 valence electrons. The summed E-state index contributed by atoms with van der Waals surface area (Å²) in [5, 5.41) is 11.4. The van der Waals surface area contributed by atoms with Gasteiger partial charge in [0, 0.05) is 51.7 Å². The number of hydrogen-bond donors (Lipinski definition) is 3. The lowest BCUT2D eigenvalue weighted by molar-refractivity contribution is -0.141. The Morgan fingerprint density at radius 2 is 1.17 bits per heavy atom. The minimum atomic E-state index is -0.699. The first kappa shape index (κ1) is 45.0. The molecule has 0 heterocycles. The van der Waals surface area contributed by atoms with Crippen LogP contribution in [-0.2, 0) is 14.4 Å². The summed E-state index contributed by atoms with van der Waals surface area (Å²) in [5.41, 5.74) is -2.48. The van der Waals surface area contributed by atoms with Crippen molar-refractivity contribution >= 4 is 55.0 Å². The molecule has 0 spiro atoms. The Kier molecular flexibility index (Phi) is 20.0. The number of hydrogen-bond acceptors (Lipinski definition) is 6. The summed E-state index contributed by atoms with van der Waals surface area (Å²) in [6.07, 6.45) is 9.37. The molecule has 11 heteroatoms. The van der Waals surface area contributed by atoms with Crippen molar-refractivity contribution in [2.75, 3.05) is 0 Å². The van der Waals surface area contributed by atoms with Gasteiger partial charge in [-0.2, -0.15) is 0 Å². The van der Waals surface area contributed by atoms with Crippen LogP contribution in [0.25, 0.3) is 0 Å². The topological polar surface area (TPSA) is 87.3 Å². The van der Waals surface area contributed by atoms with Crippen molar-refractivity contribution in [3.63, 3.8) is 0 Å². The molecule has 0 amide bonds. The van der Waals surface area contributed by atoms with E-state index in [0.29, 0.717) is 38.9 Å². The van der Waals surface area contributed by atoms with E-state index in [1.54, 1.807) is 6.08 Å². The third-order valence-corrected chi connectivity index (χ3v) is 12.6. The maximum absolute atomic E-state index is 15.1. The highest BCUT2D eigenvalue weighted by molar-refractivity contribution is 6.92. The van der Waals surface area contributed by atoms with Crippen molar-refractivity contribution in [2.24, 2.45) is 16.7 Å². The van der Waals surface area contributed by atoms with Gasteiger partial charge in [0.2, 0.25) is 0 Å². The Labute approximate surface area is 289 Å². The number of carbonyl (C=O) groups is 3. The van der Waals surface area contributed by atoms with Gasteiger partial charge < -0.3 is 16.0 Å². The number of Topliss-reactive ketones (excluding diaryl/α,β-unsaturated/α-hetero) is 3. The smallest absolute Gasteiger partial charge is 0.149 e. The van der Waals surface area contributed by atoms with Gasteiger partial charge in [-0.25, -0.2) is 0 Å². The largest absolute Gasteiger partial charge is 0.312 e. The van der Waals surface area contributed by atoms with Gasteiger partial charge in [-0.1, -0.05) is 75.3 Å². The monoisotopic (exact) mass is 638 g/mol. The van der Waals surface area contributed by atoms with Crippen LogP contribution < -0.4 is 16.0 Å². The number of carbonyl (C=O) groups excluding carboxylic acids is 3. The Hall–Kier alpha value is -1.05. The fraction of sp³-hybridized carbons (Fsp3) is 0.857. The van der Waals surface area contributed by atoms with Crippen molar-refractivity contribution in [3.05, 3.63) is 12.7 Å². The highest BCUT2D eigenvalue weighted by Gasteiger charge is 2.56. The third-order valence-electron chi connectivity index (χ3n) is 12.6. The molecule has 0 aromatic rings. The van der Waals surface area contributed by atoms with Crippen LogP contribution in [0.5, 0.6) is 0 Å². The normalized spacial score (nSPS) is 16.6. The highest BCUT2D eigenvalue weighted by Crippen LogP contribution is 2.47. The van der Waals surface area contributed by atoms with Crippen molar-refractivity contribution in [1.82, 2.24) is 16.0 Å². The molecule has 0 aliphatic heterocycles. The summed E-state index contributed by atoms with van der Waals surface area (Å²) in [6.45, 7) is 27.4. The van der Waals surface area contributed by atoms with Crippen LogP contribution in [0.2, 0.25) is 0 Å². The number of rotatable bonds is 27. The molecular weight excluding hydrogens is 564 g/mol. The van der Waals surface area contributed by atoms with Crippen molar-refractivity contribution in [2.45, 2.75) is 175 Å². The first-order valence-corrected chi connectivity index (χ1v) is 19.2. The maximum atomic E-state index is 15.1. The minimum Gasteiger partial charge on any atom is -0.312 e. The number of ketones is 3. The second-order valence-corrected chi connectivity index (χ2v) is 14.0. The average Bonchev–Trinajstić information content (AvgIpc) is 3.08. The summed E-state index contributed by atoms with van der Waals surface area (Å²) in [7, 11) is 7.55. The van der Waals surface area contributed by atoms with Crippen LogP contribution in [0.1, 0.15) is 140 Å². The number of allylic oxidation sites excluding steroid dienone is 1. The van der Waals surface area contributed by atoms with Gasteiger partial charge in [0.15, 0.2) is 0 Å². The summed E-state index contributed by atoms with van der Waals surface area (Å²) >= 11 is 0. The molecular formula is C35H72B5N3O3. The molecule has 3 N–H and O–H groups in total. The molecule has 5 atom stereocenters. The van der Waals surface area contributed by atoms with Gasteiger partial charge in [-0.05, 0) is 71.1 Å². The Bertz CT molecular complexity index is 952. The van der Waals surface area contributed by atoms with E-state index in [9.17, 15) is 9.59 Å². The summed E-state index contributed by atoms with van der Waals surface area (Å²) < 4.78 is 0. The molecule has 5 unspecified atom stereocenters. The SMILES string of the molecule is BBC(NC(CC)(CC)C(CC)(CC)C(=O)C(B)NC(C)(CC)C(CC)(CC)C(=O)C(BB)NC(CC)CC)C(=O)C(C=C)CC. The fourth-order valence-corrected chi connectivity index (χ4v) is 8.94. The van der Waals surface area contributed by atoms with Crippen LogP contribution in [0.3, 0.4) is 0 Å². The first-order chi connectivity index (χ1) is 21.7. The fourth-order valence-electron chi connectivity index (χ4n) is 8.94. The molecule has 0 aromatic heterocycles. The zero-order chi connectivity index (χ0) is 35.9. The molecule has 0 aliphatic rings. The second kappa shape index (κ2) is 20.5. The molecule has 6 nitrogen and oxygen atoms in total. The predicted octanol–water partition coefficient (Wildman–Crippen LogP) is 2.78. The van der Waals surface area contributed by atoms with E-state index >= 15 is 4.79 Å². The Balaban J connectivity index is 6.95. The van der Waals surface area contributed by atoms with E-state index in [1.165, 1.54) is 0 Å². The molecule has 0 radical (unpaired) electrons. The zero-order valence-corrected chi connectivity index (χ0v) is 32.9. The molecule has 0 aliphatic carbocycles. The van der Waals surface area contributed by atoms with Gasteiger partial charge in [0.05, 0.1) is 15.5 Å². The number of nitrogens with one attached hydrogen (secondary N) is 3. The molecule has 0 rings (SSSR count). The van der Waals surface area contributed by atoms with Crippen LogP contribution in [0.15, 0.2) is 12.7 Å². The van der Waals surface area contributed by atoms with Crippen LogP contribution >= 0.6 is 0 Å². The quantitative estimate of drug-likeness (QED) is 0.0950. The lowest BCUT2D eigenvalue weighted by Crippen LogP contribution is -2.71. The lowest BCUT2D eigenvalue weighted by atomic mass is 9.45. The molecule has 0 saturated heterocycles. The van der Waals surface area contributed by atoms with E-state index in [2.05, 4.69) is 99.5 Å². The summed E-state index contributed by atoms with van der Waals surface area (Å²) in [6, 6.07) is 0.304. The zero-order valence-electron chi connectivity index (χ0n) is 32.9. The highest BCUT2D eigenvalue weighted by atomic mass is 16.1. The minimum absolute atomic E-state index is 0.159. The summed E-state index contributed by atoms with van der Waals surface area (Å²) in [5.74, 6) is -0.672. The average molecular weight is 637 g/mol. The van der Waals surface area contributed by atoms with E-state index in [4.69, 9.17) is 0 Å². The van der Waals surface area contributed by atoms with E-state index in [0.717, 1.165) is 45.7 Å². The molecule has 0 saturated carbocycles. The second-order valence-electron chi connectivity index (χ2n) is 14.0. The molecule has 46 heavy (non-hydrogen) atoms. The van der Waals surface area contributed by atoms with Crippen molar-refractivity contribution < 1.29 is 14.4 Å². The van der Waals surface area contributed by atoms with Crippen LogP contribution in [0.4, 0.5) is 0 Å². The molecule has 0 aromatic carbocycles. The van der Waals surface area contributed by atoms with E-state index in [1.807, 2.05) is 22.5 Å². The lowest BCUT2D eigenvalue weighted by Gasteiger charge is -2.54. The Morgan fingerprint density at radius 1 is 0.696 bits per heavy atom. The van der Waals surface area contributed by atoms with Gasteiger partial charge in [-0.15, -0.1) is 6.58 Å². The first-order valence-electron chi connectivity index (χ1n) is 19.2. The molecule has 0 bridgehead atoms. The summed E-state index contributed by atoms with van der Waals surface area (Å²) in [4.78, 5) is 43.3. The van der Waals surface area contributed by atoms with Gasteiger partial charge in [0.25, 0.3) is 0 Å². The van der Waals surface area contributed by atoms with E-state index in [-0.39, 0.29) is 35.2 Å². The molecule has 0 fully saturated rings. The van der Waals surface area contributed by atoms with Crippen LogP contribution in [-0.4, -0.2) is 90.0 Å². The predicted molar refractivity (Wildman–Crippen MR) is 212 cm³/mol. The van der Waals surface area contributed by atoms with Gasteiger partial charge >= 0.3 is 0 Å². The van der Waals surface area contributed by atoms with E-state index < -0.39 is 27.8 Å². The third kappa shape index (κ3) is 8.94. The standard InChI is InChI=1S/C35H72B5N3O3/c1-13-24(14-2)26(44)30(39-37)43-35(22-10,23-11)34(20-8,21-9)27(45)29(36)42-32(12,17-5)33(18-6,19-7)28(46)31(40-38)41-25(15-3)16-4/h13,24-25,29-31,39-43H,1,14-23,36-38H2,2-12H3. The van der Waals surface area contributed by atoms with Crippen molar-refractivity contribution in [3.8, 4) is 0 Å². The van der Waals surface area contributed by atoms with Gasteiger partial charge in [0.1, 0.15) is 39.5 Å². The van der Waals surface area contributed by atoms with Crippen molar-refractivity contribution in [1.29, 1.82) is 0 Å².